The number of imidazole rings is 1. The Balaban J connectivity index is 1.54. The van der Waals surface area contributed by atoms with Crippen molar-refractivity contribution in [2.75, 3.05) is 12.1 Å². The summed E-state index contributed by atoms with van der Waals surface area (Å²) in [5.41, 5.74) is 6.97. The SMILES string of the molecule is CC(Cn1cnc2c(N)ncnc21)OC[PH](=O)Oc1ccccc1. The van der Waals surface area contributed by atoms with Gasteiger partial charge in [-0.1, -0.05) is 18.2 Å². The van der Waals surface area contributed by atoms with E-state index in [9.17, 15) is 4.57 Å². The van der Waals surface area contributed by atoms with Gasteiger partial charge in [0.25, 0.3) is 8.03 Å². The van der Waals surface area contributed by atoms with Gasteiger partial charge in [0.2, 0.25) is 0 Å². The molecule has 8 nitrogen and oxygen atoms in total. The first kappa shape index (κ1) is 16.4. The highest BCUT2D eigenvalue weighted by molar-refractivity contribution is 7.39. The van der Waals surface area contributed by atoms with Crippen LogP contribution in [-0.4, -0.2) is 32.0 Å². The third kappa shape index (κ3) is 3.90. The van der Waals surface area contributed by atoms with Crippen LogP contribution in [0, 0.1) is 0 Å². The molecule has 0 amide bonds. The zero-order valence-corrected chi connectivity index (χ0v) is 14.1. The number of hydrogen-bond donors (Lipinski definition) is 1. The minimum atomic E-state index is -2.31. The Labute approximate surface area is 139 Å². The maximum Gasteiger partial charge on any atom is 0.261 e. The van der Waals surface area contributed by atoms with Crippen LogP contribution in [-0.2, 0) is 15.8 Å². The van der Waals surface area contributed by atoms with Crippen LogP contribution in [0.3, 0.4) is 0 Å². The summed E-state index contributed by atoms with van der Waals surface area (Å²) in [5, 5.41) is 0. The molecule has 3 aromatic rings. The Morgan fingerprint density at radius 2 is 2.04 bits per heavy atom. The molecule has 2 aromatic heterocycles. The second-order valence-electron chi connectivity index (χ2n) is 5.24. The fraction of sp³-hybridized carbons (Fsp3) is 0.267. The number of benzene rings is 1. The largest absolute Gasteiger partial charge is 0.443 e. The van der Waals surface area contributed by atoms with Gasteiger partial charge in [-0.2, -0.15) is 0 Å². The molecular formula is C15H18N5O3P. The molecule has 2 atom stereocenters. The van der Waals surface area contributed by atoms with E-state index in [1.807, 2.05) is 29.7 Å². The topological polar surface area (TPSA) is 105 Å². The van der Waals surface area contributed by atoms with Crippen LogP contribution >= 0.6 is 8.03 Å². The fourth-order valence-electron chi connectivity index (χ4n) is 2.22. The van der Waals surface area contributed by atoms with E-state index >= 15 is 0 Å². The normalized spacial score (nSPS) is 13.7. The molecular weight excluding hydrogens is 329 g/mol. The smallest absolute Gasteiger partial charge is 0.261 e. The molecule has 0 saturated carbocycles. The fourth-order valence-corrected chi connectivity index (χ4v) is 3.10. The summed E-state index contributed by atoms with van der Waals surface area (Å²) in [6.45, 7) is 2.39. The predicted octanol–water partition coefficient (Wildman–Crippen LogP) is 2.32. The summed E-state index contributed by atoms with van der Waals surface area (Å²) in [5.74, 6) is 0.916. The van der Waals surface area contributed by atoms with Crippen molar-refractivity contribution >= 4 is 25.0 Å². The second-order valence-corrected chi connectivity index (χ2v) is 6.47. The highest BCUT2D eigenvalue weighted by Gasteiger charge is 2.12. The minimum Gasteiger partial charge on any atom is -0.443 e. The number of ether oxygens (including phenoxy) is 1. The Morgan fingerprint density at radius 1 is 1.25 bits per heavy atom. The molecule has 2 heterocycles. The van der Waals surface area contributed by atoms with Crippen LogP contribution in [0.25, 0.3) is 11.2 Å². The van der Waals surface area contributed by atoms with Gasteiger partial charge in [-0.25, -0.2) is 15.0 Å². The van der Waals surface area contributed by atoms with E-state index in [-0.39, 0.29) is 12.5 Å². The Hall–Kier alpha value is -2.44. The van der Waals surface area contributed by atoms with Crippen LogP contribution in [0.2, 0.25) is 0 Å². The number of aromatic nitrogens is 4. The lowest BCUT2D eigenvalue weighted by Gasteiger charge is -2.14. The molecule has 0 saturated heterocycles. The summed E-state index contributed by atoms with van der Waals surface area (Å²) in [6.07, 6.45) is 2.89. The van der Waals surface area contributed by atoms with Crippen LogP contribution in [0.1, 0.15) is 6.92 Å². The molecule has 0 aliphatic carbocycles. The van der Waals surface area contributed by atoms with Gasteiger partial charge in [-0.15, -0.1) is 0 Å². The number of para-hydroxylation sites is 1. The molecule has 1 aromatic carbocycles. The first-order valence-electron chi connectivity index (χ1n) is 7.42. The molecule has 2 unspecified atom stereocenters. The number of nitrogens with zero attached hydrogens (tertiary/aromatic N) is 4. The highest BCUT2D eigenvalue weighted by Crippen LogP contribution is 2.27. The minimum absolute atomic E-state index is 0.0461. The van der Waals surface area contributed by atoms with E-state index in [2.05, 4.69) is 15.0 Å². The Kier molecular flexibility index (Phi) is 5.08. The highest BCUT2D eigenvalue weighted by atomic mass is 31.1. The van der Waals surface area contributed by atoms with Crippen molar-refractivity contribution in [2.24, 2.45) is 0 Å². The van der Waals surface area contributed by atoms with Crippen molar-refractivity contribution in [1.29, 1.82) is 0 Å². The standard InChI is InChI=1S/C15H18N5O3P/c1-11(22-10-24(21)23-12-5-3-2-4-6-12)7-20-9-19-13-14(16)17-8-18-15(13)20/h2-6,8-9,11,24H,7,10H2,1H3,(H2,16,17,18). The number of nitrogen functional groups attached to an aromatic ring is 1. The molecule has 0 fully saturated rings. The van der Waals surface area contributed by atoms with Gasteiger partial charge in [0, 0.05) is 0 Å². The zero-order valence-electron chi connectivity index (χ0n) is 13.1. The Morgan fingerprint density at radius 3 is 2.83 bits per heavy atom. The van der Waals surface area contributed by atoms with Gasteiger partial charge in [0.1, 0.15) is 23.9 Å². The maximum absolute atomic E-state index is 12.0. The maximum atomic E-state index is 12.0. The van der Waals surface area contributed by atoms with Crippen LogP contribution in [0.5, 0.6) is 5.75 Å². The monoisotopic (exact) mass is 347 g/mol. The van der Waals surface area contributed by atoms with Crippen molar-refractivity contribution in [3.63, 3.8) is 0 Å². The van der Waals surface area contributed by atoms with E-state index < -0.39 is 8.03 Å². The van der Waals surface area contributed by atoms with Gasteiger partial charge in [0.15, 0.2) is 11.5 Å². The first-order valence-corrected chi connectivity index (χ1v) is 8.94. The quantitative estimate of drug-likeness (QED) is 0.654. The number of hydrogen-bond acceptors (Lipinski definition) is 7. The van der Waals surface area contributed by atoms with Gasteiger partial charge >= 0.3 is 0 Å². The average molecular weight is 347 g/mol. The van der Waals surface area contributed by atoms with E-state index in [4.69, 9.17) is 15.0 Å². The Bertz CT molecular complexity index is 840. The zero-order chi connectivity index (χ0) is 16.9. The van der Waals surface area contributed by atoms with Crippen LogP contribution in [0.15, 0.2) is 43.0 Å². The summed E-state index contributed by atoms with van der Waals surface area (Å²) in [7, 11) is -2.31. The van der Waals surface area contributed by atoms with Crippen molar-refractivity contribution in [1.82, 2.24) is 19.5 Å². The number of nitrogens with two attached hydrogens (primary N) is 1. The first-order chi connectivity index (χ1) is 11.6. The third-order valence-electron chi connectivity index (χ3n) is 3.34. The number of fused-ring (bicyclic) bond motifs is 1. The van der Waals surface area contributed by atoms with Crippen LogP contribution < -0.4 is 10.3 Å². The second kappa shape index (κ2) is 7.42. The third-order valence-corrected chi connectivity index (χ3v) is 4.21. The number of rotatable bonds is 7. The lowest BCUT2D eigenvalue weighted by molar-refractivity contribution is 0.0852. The molecule has 3 rings (SSSR count). The van der Waals surface area contributed by atoms with Gasteiger partial charge in [-0.3, -0.25) is 4.57 Å². The molecule has 0 radical (unpaired) electrons. The van der Waals surface area contributed by atoms with Gasteiger partial charge in [0.05, 0.1) is 19.0 Å². The molecule has 0 aliphatic heterocycles. The predicted molar refractivity (Wildman–Crippen MR) is 91.2 cm³/mol. The van der Waals surface area contributed by atoms with Gasteiger partial charge in [-0.05, 0) is 19.1 Å². The van der Waals surface area contributed by atoms with Crippen LogP contribution in [0.4, 0.5) is 5.82 Å². The molecule has 126 valence electrons. The average Bonchev–Trinajstić information content (AvgIpc) is 2.98. The van der Waals surface area contributed by atoms with E-state index in [0.29, 0.717) is 29.3 Å². The molecule has 9 heteroatoms. The van der Waals surface area contributed by atoms with Crippen molar-refractivity contribution in [2.45, 2.75) is 19.6 Å². The summed E-state index contributed by atoms with van der Waals surface area (Å²) in [4.78, 5) is 12.3. The van der Waals surface area contributed by atoms with E-state index in [0.717, 1.165) is 0 Å². The lowest BCUT2D eigenvalue weighted by Crippen LogP contribution is -2.16. The molecule has 24 heavy (non-hydrogen) atoms. The van der Waals surface area contributed by atoms with E-state index in [1.165, 1.54) is 6.33 Å². The number of anilines is 1. The lowest BCUT2D eigenvalue weighted by atomic mass is 10.3. The molecule has 2 N–H and O–H groups in total. The summed E-state index contributed by atoms with van der Waals surface area (Å²) >= 11 is 0. The molecule has 0 spiro atoms. The summed E-state index contributed by atoms with van der Waals surface area (Å²) < 4.78 is 24.7. The molecule has 0 bridgehead atoms. The van der Waals surface area contributed by atoms with Crippen molar-refractivity contribution < 1.29 is 13.8 Å². The van der Waals surface area contributed by atoms with Crippen molar-refractivity contribution in [3.05, 3.63) is 43.0 Å². The van der Waals surface area contributed by atoms with Crippen molar-refractivity contribution in [3.8, 4) is 5.75 Å². The summed E-state index contributed by atoms with van der Waals surface area (Å²) in [6, 6.07) is 9.03. The molecule has 0 aliphatic rings. The van der Waals surface area contributed by atoms with E-state index in [1.54, 1.807) is 18.5 Å². The van der Waals surface area contributed by atoms with Gasteiger partial charge < -0.3 is 19.6 Å².